The van der Waals surface area contributed by atoms with Crippen molar-refractivity contribution in [1.82, 2.24) is 19.6 Å². The zero-order valence-corrected chi connectivity index (χ0v) is 15.6. The van der Waals surface area contributed by atoms with Gasteiger partial charge in [-0.2, -0.15) is 9.61 Å². The Kier molecular flexibility index (Phi) is 4.73. The van der Waals surface area contributed by atoms with Crippen LogP contribution < -0.4 is 10.2 Å². The fraction of sp³-hybridized carbons (Fsp3) is 0.450. The minimum atomic E-state index is 0.715. The zero-order chi connectivity index (χ0) is 17.9. The highest BCUT2D eigenvalue weighted by Crippen LogP contribution is 2.24. The molecule has 0 aromatic carbocycles. The summed E-state index contributed by atoms with van der Waals surface area (Å²) in [5.41, 5.74) is 4.33. The maximum atomic E-state index is 4.93. The third-order valence-electron chi connectivity index (χ3n) is 5.04. The molecule has 136 valence electrons. The van der Waals surface area contributed by atoms with Crippen LogP contribution in [0, 0.1) is 6.92 Å². The predicted molar refractivity (Wildman–Crippen MR) is 105 cm³/mol. The Bertz CT molecular complexity index is 877. The number of pyridine rings is 1. The second kappa shape index (κ2) is 7.32. The van der Waals surface area contributed by atoms with Crippen LogP contribution in [0.1, 0.15) is 43.0 Å². The highest BCUT2D eigenvalue weighted by atomic mass is 15.3. The number of hydrogen-bond acceptors (Lipinski definition) is 5. The van der Waals surface area contributed by atoms with Crippen molar-refractivity contribution in [1.29, 1.82) is 0 Å². The lowest BCUT2D eigenvalue weighted by molar-refractivity contribution is 0.573. The second-order valence-corrected chi connectivity index (χ2v) is 6.97. The first kappa shape index (κ1) is 16.8. The van der Waals surface area contributed by atoms with E-state index in [0.717, 1.165) is 48.1 Å². The summed E-state index contributed by atoms with van der Waals surface area (Å²) in [6.07, 6.45) is 8.58. The van der Waals surface area contributed by atoms with E-state index in [1.54, 1.807) is 0 Å². The average molecular weight is 350 g/mol. The summed E-state index contributed by atoms with van der Waals surface area (Å²) in [5.74, 6) is 2.03. The Labute approximate surface area is 154 Å². The first-order valence-corrected chi connectivity index (χ1v) is 9.52. The van der Waals surface area contributed by atoms with E-state index < -0.39 is 0 Å². The summed E-state index contributed by atoms with van der Waals surface area (Å²) in [7, 11) is 0. The molecule has 1 N–H and O–H groups in total. The molecule has 6 heteroatoms. The monoisotopic (exact) mass is 350 g/mol. The zero-order valence-electron chi connectivity index (χ0n) is 15.6. The van der Waals surface area contributed by atoms with Gasteiger partial charge in [-0.15, -0.1) is 0 Å². The molecule has 0 atom stereocenters. The maximum Gasteiger partial charge on any atom is 0.162 e. The van der Waals surface area contributed by atoms with Crippen molar-refractivity contribution < 1.29 is 0 Å². The first-order valence-electron chi connectivity index (χ1n) is 9.52. The van der Waals surface area contributed by atoms with Crippen molar-refractivity contribution in [3.63, 3.8) is 0 Å². The number of nitrogens with one attached hydrogen (secondary N) is 1. The standard InChI is InChI=1S/C20H26N6/c1-3-17-14-23-26-18(22-13-16-8-7-15(2)21-12-16)11-19(24-20(17)26)25-9-5-4-6-10-25/h7-8,11-12,14,22H,3-6,9-10,13H2,1-2H3. The van der Waals surface area contributed by atoms with Crippen LogP contribution in [-0.2, 0) is 13.0 Å². The highest BCUT2D eigenvalue weighted by Gasteiger charge is 2.17. The van der Waals surface area contributed by atoms with Crippen LogP contribution in [0.2, 0.25) is 0 Å². The van der Waals surface area contributed by atoms with E-state index in [0.29, 0.717) is 6.54 Å². The lowest BCUT2D eigenvalue weighted by atomic mass is 10.1. The van der Waals surface area contributed by atoms with Gasteiger partial charge in [0.1, 0.15) is 11.6 Å². The Morgan fingerprint density at radius 2 is 1.96 bits per heavy atom. The molecule has 0 saturated carbocycles. The third-order valence-corrected chi connectivity index (χ3v) is 5.04. The molecule has 0 spiro atoms. The van der Waals surface area contributed by atoms with Gasteiger partial charge in [0.15, 0.2) is 5.65 Å². The summed E-state index contributed by atoms with van der Waals surface area (Å²) in [6, 6.07) is 6.29. The van der Waals surface area contributed by atoms with Crippen molar-refractivity contribution in [2.24, 2.45) is 0 Å². The van der Waals surface area contributed by atoms with Crippen LogP contribution in [0.3, 0.4) is 0 Å². The van der Waals surface area contributed by atoms with Crippen LogP contribution in [0.5, 0.6) is 0 Å². The molecular formula is C20H26N6. The maximum absolute atomic E-state index is 4.93. The summed E-state index contributed by atoms with van der Waals surface area (Å²) < 4.78 is 1.92. The Balaban J connectivity index is 1.66. The Morgan fingerprint density at radius 3 is 2.69 bits per heavy atom. The van der Waals surface area contributed by atoms with Gasteiger partial charge in [-0.05, 0) is 44.2 Å². The SMILES string of the molecule is CCc1cnn2c(NCc3ccc(C)nc3)cc(N3CCCCC3)nc12. The summed E-state index contributed by atoms with van der Waals surface area (Å²) in [5, 5.41) is 8.09. The van der Waals surface area contributed by atoms with Gasteiger partial charge in [-0.25, -0.2) is 4.98 Å². The van der Waals surface area contributed by atoms with E-state index in [9.17, 15) is 0 Å². The van der Waals surface area contributed by atoms with Crippen LogP contribution >= 0.6 is 0 Å². The topological polar surface area (TPSA) is 58.4 Å². The number of hydrogen-bond donors (Lipinski definition) is 1. The van der Waals surface area contributed by atoms with Crippen LogP contribution in [0.25, 0.3) is 5.65 Å². The molecule has 0 bridgehead atoms. The number of nitrogens with zero attached hydrogens (tertiary/aromatic N) is 5. The van der Waals surface area contributed by atoms with Gasteiger partial charge in [0.2, 0.25) is 0 Å². The molecule has 4 rings (SSSR count). The fourth-order valence-corrected chi connectivity index (χ4v) is 3.45. The molecule has 6 nitrogen and oxygen atoms in total. The van der Waals surface area contributed by atoms with E-state index in [-0.39, 0.29) is 0 Å². The molecule has 0 aliphatic carbocycles. The van der Waals surface area contributed by atoms with Crippen molar-refractivity contribution in [2.45, 2.75) is 46.1 Å². The number of fused-ring (bicyclic) bond motifs is 1. The van der Waals surface area contributed by atoms with E-state index in [1.165, 1.54) is 24.8 Å². The predicted octanol–water partition coefficient (Wildman–Crippen LogP) is 3.60. The lowest BCUT2D eigenvalue weighted by Crippen LogP contribution is -2.30. The van der Waals surface area contributed by atoms with Gasteiger partial charge < -0.3 is 10.2 Å². The van der Waals surface area contributed by atoms with Crippen molar-refractivity contribution in [3.8, 4) is 0 Å². The van der Waals surface area contributed by atoms with Crippen LogP contribution in [-0.4, -0.2) is 32.7 Å². The molecule has 1 fully saturated rings. The number of piperidine rings is 1. The molecule has 3 aromatic rings. The van der Waals surface area contributed by atoms with Gasteiger partial charge in [-0.3, -0.25) is 4.98 Å². The van der Waals surface area contributed by atoms with E-state index >= 15 is 0 Å². The highest BCUT2D eigenvalue weighted by molar-refractivity contribution is 5.61. The van der Waals surface area contributed by atoms with Crippen molar-refractivity contribution >= 4 is 17.3 Å². The molecule has 4 heterocycles. The molecule has 26 heavy (non-hydrogen) atoms. The largest absolute Gasteiger partial charge is 0.366 e. The van der Waals surface area contributed by atoms with E-state index in [4.69, 9.17) is 4.98 Å². The first-order chi connectivity index (χ1) is 12.7. The van der Waals surface area contributed by atoms with Crippen LogP contribution in [0.4, 0.5) is 11.6 Å². The molecule has 0 amide bonds. The lowest BCUT2D eigenvalue weighted by Gasteiger charge is -2.28. The fourth-order valence-electron chi connectivity index (χ4n) is 3.45. The smallest absolute Gasteiger partial charge is 0.162 e. The molecule has 1 aliphatic heterocycles. The van der Waals surface area contributed by atoms with Gasteiger partial charge in [0, 0.05) is 43.2 Å². The summed E-state index contributed by atoms with van der Waals surface area (Å²) >= 11 is 0. The number of aryl methyl sites for hydroxylation is 2. The number of rotatable bonds is 5. The molecule has 1 saturated heterocycles. The molecule has 3 aromatic heterocycles. The second-order valence-electron chi connectivity index (χ2n) is 6.97. The van der Waals surface area contributed by atoms with Crippen LogP contribution in [0.15, 0.2) is 30.6 Å². The third kappa shape index (κ3) is 3.36. The Morgan fingerprint density at radius 1 is 1.12 bits per heavy atom. The van der Waals surface area contributed by atoms with Crippen molar-refractivity contribution in [2.75, 3.05) is 23.3 Å². The van der Waals surface area contributed by atoms with E-state index in [2.05, 4.69) is 39.4 Å². The molecular weight excluding hydrogens is 324 g/mol. The minimum Gasteiger partial charge on any atom is -0.366 e. The van der Waals surface area contributed by atoms with Crippen molar-refractivity contribution in [3.05, 3.63) is 47.4 Å². The normalized spacial score (nSPS) is 14.8. The molecule has 1 aliphatic rings. The quantitative estimate of drug-likeness (QED) is 0.762. The van der Waals surface area contributed by atoms with E-state index in [1.807, 2.05) is 29.9 Å². The minimum absolute atomic E-state index is 0.715. The molecule has 0 unspecified atom stereocenters. The summed E-state index contributed by atoms with van der Waals surface area (Å²) in [6.45, 7) is 7.04. The average Bonchev–Trinajstić information content (AvgIpc) is 3.11. The Hall–Kier alpha value is -2.63. The number of aromatic nitrogens is 4. The van der Waals surface area contributed by atoms with Gasteiger partial charge in [-0.1, -0.05) is 13.0 Å². The molecule has 0 radical (unpaired) electrons. The summed E-state index contributed by atoms with van der Waals surface area (Å²) in [4.78, 5) is 11.7. The number of anilines is 2. The van der Waals surface area contributed by atoms with Gasteiger partial charge in [0.05, 0.1) is 6.20 Å². The van der Waals surface area contributed by atoms with Gasteiger partial charge in [0.25, 0.3) is 0 Å². The van der Waals surface area contributed by atoms with Gasteiger partial charge >= 0.3 is 0 Å².